The van der Waals surface area contributed by atoms with Gasteiger partial charge >= 0.3 is 0 Å². The maximum atomic E-state index is 10.1. The highest BCUT2D eigenvalue weighted by Crippen LogP contribution is 2.26. The minimum atomic E-state index is -0.502. The molecule has 0 radical (unpaired) electrons. The molecule has 2 aliphatic heterocycles. The molecule has 0 bridgehead atoms. The fourth-order valence-corrected chi connectivity index (χ4v) is 3.22. The molecule has 17 heavy (non-hydrogen) atoms. The van der Waals surface area contributed by atoms with Gasteiger partial charge in [0.25, 0.3) is 0 Å². The lowest BCUT2D eigenvalue weighted by Crippen LogP contribution is -2.46. The molecule has 0 aromatic heterocycles. The van der Waals surface area contributed by atoms with E-state index in [0.717, 1.165) is 24.9 Å². The fraction of sp³-hybridized carbons (Fsp3) is 1.00. The molecular formula is C14H28N2O. The number of rotatable bonds is 4. The van der Waals surface area contributed by atoms with Crippen molar-refractivity contribution in [3.8, 4) is 0 Å². The number of likely N-dealkylation sites (tertiary alicyclic amines) is 1. The first kappa shape index (κ1) is 13.3. The van der Waals surface area contributed by atoms with Crippen LogP contribution in [0.25, 0.3) is 0 Å². The summed E-state index contributed by atoms with van der Waals surface area (Å²) in [5.74, 6) is 0.875. The van der Waals surface area contributed by atoms with Crippen molar-refractivity contribution in [2.45, 2.75) is 57.6 Å². The summed E-state index contributed by atoms with van der Waals surface area (Å²) in [4.78, 5) is 2.44. The van der Waals surface area contributed by atoms with Crippen LogP contribution in [-0.4, -0.2) is 47.8 Å². The monoisotopic (exact) mass is 240 g/mol. The molecule has 0 aliphatic carbocycles. The van der Waals surface area contributed by atoms with Gasteiger partial charge in [-0.1, -0.05) is 6.92 Å². The van der Waals surface area contributed by atoms with Crippen LogP contribution in [0.15, 0.2) is 0 Å². The number of β-amino-alcohol motifs (C(OH)–C–C–N with tert-alkyl or cyclic N) is 1. The second kappa shape index (κ2) is 5.68. The molecule has 2 N–H and O–H groups in total. The largest absolute Gasteiger partial charge is 0.389 e. The number of piperidine rings is 1. The predicted molar refractivity (Wildman–Crippen MR) is 71.1 cm³/mol. The smallest absolute Gasteiger partial charge is 0.0743 e. The fourth-order valence-electron chi connectivity index (χ4n) is 3.22. The standard InChI is InChI=1S/C14H28N2O/c1-3-14(2,17)11-16-9-6-12(7-10-16)13-5-4-8-15-13/h12-13,15,17H,3-11H2,1-2H3. The van der Waals surface area contributed by atoms with E-state index < -0.39 is 5.60 Å². The molecule has 0 aromatic carbocycles. The summed E-state index contributed by atoms with van der Waals surface area (Å²) in [6.45, 7) is 8.41. The van der Waals surface area contributed by atoms with Crippen molar-refractivity contribution in [3.05, 3.63) is 0 Å². The number of hydrogen-bond acceptors (Lipinski definition) is 3. The van der Waals surface area contributed by atoms with Gasteiger partial charge in [0.2, 0.25) is 0 Å². The van der Waals surface area contributed by atoms with Crippen LogP contribution in [0.3, 0.4) is 0 Å². The highest BCUT2D eigenvalue weighted by molar-refractivity contribution is 4.87. The van der Waals surface area contributed by atoms with Crippen LogP contribution in [0.2, 0.25) is 0 Å². The van der Waals surface area contributed by atoms with Crippen molar-refractivity contribution in [1.29, 1.82) is 0 Å². The van der Waals surface area contributed by atoms with E-state index in [2.05, 4.69) is 17.1 Å². The molecule has 0 saturated carbocycles. The van der Waals surface area contributed by atoms with Gasteiger partial charge in [-0.15, -0.1) is 0 Å². The normalized spacial score (nSPS) is 31.6. The molecule has 2 saturated heterocycles. The molecule has 0 amide bonds. The Morgan fingerprint density at radius 3 is 2.53 bits per heavy atom. The molecule has 2 atom stereocenters. The van der Waals surface area contributed by atoms with Gasteiger partial charge in [0.15, 0.2) is 0 Å². The van der Waals surface area contributed by atoms with Gasteiger partial charge < -0.3 is 15.3 Å². The Morgan fingerprint density at radius 2 is 2.00 bits per heavy atom. The molecule has 0 spiro atoms. The Bertz CT molecular complexity index is 228. The van der Waals surface area contributed by atoms with Crippen LogP contribution >= 0.6 is 0 Å². The van der Waals surface area contributed by atoms with E-state index in [-0.39, 0.29) is 0 Å². The predicted octanol–water partition coefficient (Wildman–Crippen LogP) is 1.61. The Labute approximate surface area is 106 Å². The zero-order valence-electron chi connectivity index (χ0n) is 11.4. The molecule has 3 nitrogen and oxygen atoms in total. The SMILES string of the molecule is CCC(C)(O)CN1CCC(C2CCCN2)CC1. The van der Waals surface area contributed by atoms with E-state index in [1.54, 1.807) is 0 Å². The zero-order valence-corrected chi connectivity index (χ0v) is 11.4. The number of aliphatic hydroxyl groups is 1. The molecule has 2 rings (SSSR count). The van der Waals surface area contributed by atoms with E-state index in [0.29, 0.717) is 0 Å². The van der Waals surface area contributed by atoms with Gasteiger partial charge in [0, 0.05) is 12.6 Å². The first-order chi connectivity index (χ1) is 8.11. The lowest BCUT2D eigenvalue weighted by atomic mass is 9.88. The van der Waals surface area contributed by atoms with Crippen LogP contribution in [0.4, 0.5) is 0 Å². The Kier molecular flexibility index (Phi) is 4.45. The topological polar surface area (TPSA) is 35.5 Å². The van der Waals surface area contributed by atoms with Crippen molar-refractivity contribution in [3.63, 3.8) is 0 Å². The quantitative estimate of drug-likeness (QED) is 0.784. The second-order valence-electron chi connectivity index (χ2n) is 6.17. The zero-order chi connectivity index (χ0) is 12.3. The van der Waals surface area contributed by atoms with Gasteiger partial charge in [-0.2, -0.15) is 0 Å². The molecule has 3 heteroatoms. The summed E-state index contributed by atoms with van der Waals surface area (Å²) < 4.78 is 0. The average molecular weight is 240 g/mol. The van der Waals surface area contributed by atoms with Gasteiger partial charge in [0.1, 0.15) is 0 Å². The molecule has 2 fully saturated rings. The van der Waals surface area contributed by atoms with Crippen molar-refractivity contribution >= 4 is 0 Å². The van der Waals surface area contributed by atoms with Crippen molar-refractivity contribution in [2.24, 2.45) is 5.92 Å². The summed E-state index contributed by atoms with van der Waals surface area (Å²) in [5.41, 5.74) is -0.502. The minimum absolute atomic E-state index is 0.502. The van der Waals surface area contributed by atoms with E-state index in [1.807, 2.05) is 6.92 Å². The van der Waals surface area contributed by atoms with Gasteiger partial charge in [-0.25, -0.2) is 0 Å². The minimum Gasteiger partial charge on any atom is -0.389 e. The average Bonchev–Trinajstić information content (AvgIpc) is 2.83. The third-order valence-electron chi connectivity index (χ3n) is 4.63. The first-order valence-corrected chi connectivity index (χ1v) is 7.29. The molecule has 0 aromatic rings. The molecule has 2 aliphatic rings. The number of nitrogens with one attached hydrogen (secondary N) is 1. The van der Waals surface area contributed by atoms with Crippen LogP contribution in [0.5, 0.6) is 0 Å². The van der Waals surface area contributed by atoms with E-state index in [1.165, 1.54) is 45.3 Å². The molecule has 2 unspecified atom stereocenters. The molecule has 2 heterocycles. The third kappa shape index (κ3) is 3.67. The van der Waals surface area contributed by atoms with E-state index in [4.69, 9.17) is 0 Å². The van der Waals surface area contributed by atoms with Crippen molar-refractivity contribution in [1.82, 2.24) is 10.2 Å². The summed E-state index contributed by atoms with van der Waals surface area (Å²) >= 11 is 0. The summed E-state index contributed by atoms with van der Waals surface area (Å²) in [6, 6.07) is 0.781. The maximum absolute atomic E-state index is 10.1. The van der Waals surface area contributed by atoms with Gasteiger partial charge in [-0.3, -0.25) is 0 Å². The second-order valence-corrected chi connectivity index (χ2v) is 6.17. The van der Waals surface area contributed by atoms with Gasteiger partial charge in [0.05, 0.1) is 5.60 Å². The van der Waals surface area contributed by atoms with Crippen LogP contribution in [0.1, 0.15) is 46.0 Å². The summed E-state index contributed by atoms with van der Waals surface area (Å²) in [7, 11) is 0. The maximum Gasteiger partial charge on any atom is 0.0743 e. The van der Waals surface area contributed by atoms with Crippen molar-refractivity contribution in [2.75, 3.05) is 26.2 Å². The number of hydrogen-bond donors (Lipinski definition) is 2. The lowest BCUT2D eigenvalue weighted by molar-refractivity contribution is 0.00500. The Hall–Kier alpha value is -0.120. The first-order valence-electron chi connectivity index (χ1n) is 7.29. The summed E-state index contributed by atoms with van der Waals surface area (Å²) in [5, 5.41) is 13.7. The highest BCUT2D eigenvalue weighted by Gasteiger charge is 2.30. The van der Waals surface area contributed by atoms with Crippen LogP contribution in [0, 0.1) is 5.92 Å². The van der Waals surface area contributed by atoms with E-state index in [9.17, 15) is 5.11 Å². The Morgan fingerprint density at radius 1 is 1.29 bits per heavy atom. The van der Waals surface area contributed by atoms with Crippen LogP contribution < -0.4 is 5.32 Å². The summed E-state index contributed by atoms with van der Waals surface area (Å²) in [6.07, 6.45) is 6.18. The number of nitrogens with zero attached hydrogens (tertiary/aromatic N) is 1. The lowest BCUT2D eigenvalue weighted by Gasteiger charge is -2.38. The van der Waals surface area contributed by atoms with Crippen molar-refractivity contribution < 1.29 is 5.11 Å². The van der Waals surface area contributed by atoms with Crippen LogP contribution in [-0.2, 0) is 0 Å². The molecule has 100 valence electrons. The molecular weight excluding hydrogens is 212 g/mol. The third-order valence-corrected chi connectivity index (χ3v) is 4.63. The van der Waals surface area contributed by atoms with Gasteiger partial charge in [-0.05, 0) is 64.6 Å². The Balaban J connectivity index is 1.74. The highest BCUT2D eigenvalue weighted by atomic mass is 16.3. The van der Waals surface area contributed by atoms with E-state index >= 15 is 0 Å².